The first-order valence-corrected chi connectivity index (χ1v) is 7.31. The largest absolute Gasteiger partial charge is 0.493 e. The molecule has 8 heteroatoms. The third kappa shape index (κ3) is 3.59. The van der Waals surface area contributed by atoms with E-state index in [0.717, 1.165) is 0 Å². The number of ether oxygens (including phenoxy) is 2. The number of primary amides is 1. The number of hydrogen-bond acceptors (Lipinski definition) is 5. The minimum atomic E-state index is -0.574. The van der Waals surface area contributed by atoms with Gasteiger partial charge in [-0.25, -0.2) is 0 Å². The molecule has 0 spiro atoms. The Kier molecular flexibility index (Phi) is 5.17. The summed E-state index contributed by atoms with van der Waals surface area (Å²) in [5.74, 6) is 0.409. The molecule has 122 valence electrons. The molecule has 0 unspecified atom stereocenters. The normalized spacial score (nSPS) is 10.3. The van der Waals surface area contributed by atoms with E-state index in [2.05, 4.69) is 4.98 Å². The quantitative estimate of drug-likeness (QED) is 0.779. The molecule has 1 aromatic heterocycles. The van der Waals surface area contributed by atoms with Crippen molar-refractivity contribution in [1.82, 2.24) is 9.55 Å². The van der Waals surface area contributed by atoms with Crippen LogP contribution >= 0.6 is 12.2 Å². The van der Waals surface area contributed by atoms with Gasteiger partial charge in [0.2, 0.25) is 5.91 Å². The molecule has 1 aromatic carbocycles. The van der Waals surface area contributed by atoms with Crippen LogP contribution in [0.15, 0.2) is 29.1 Å². The van der Waals surface area contributed by atoms with Gasteiger partial charge in [-0.1, -0.05) is 6.07 Å². The van der Waals surface area contributed by atoms with E-state index in [9.17, 15) is 9.59 Å². The lowest BCUT2D eigenvalue weighted by Gasteiger charge is -2.17. The molecule has 3 N–H and O–H groups in total. The molecule has 2 aromatic rings. The monoisotopic (exact) mass is 335 g/mol. The van der Waals surface area contributed by atoms with Crippen LogP contribution < -0.4 is 20.8 Å². The molecule has 0 saturated carbocycles. The molecule has 2 rings (SSSR count). The molecular formula is C15H17N3O4S. The first-order valence-electron chi connectivity index (χ1n) is 6.90. The van der Waals surface area contributed by atoms with Crippen molar-refractivity contribution in [3.05, 3.63) is 39.4 Å². The van der Waals surface area contributed by atoms with E-state index in [1.807, 2.05) is 6.92 Å². The second kappa shape index (κ2) is 7.10. The van der Waals surface area contributed by atoms with E-state index in [1.54, 1.807) is 18.2 Å². The minimum Gasteiger partial charge on any atom is -0.493 e. The number of hydrogen-bond donors (Lipinski definition) is 2. The molecule has 0 bridgehead atoms. The van der Waals surface area contributed by atoms with Crippen LogP contribution in [0.2, 0.25) is 0 Å². The molecule has 0 aliphatic rings. The van der Waals surface area contributed by atoms with Crippen molar-refractivity contribution in [3.63, 3.8) is 0 Å². The number of nitrogens with zero attached hydrogens (tertiary/aromatic N) is 1. The van der Waals surface area contributed by atoms with Crippen molar-refractivity contribution in [3.8, 4) is 22.8 Å². The lowest BCUT2D eigenvalue weighted by Crippen LogP contribution is -2.23. The van der Waals surface area contributed by atoms with Crippen molar-refractivity contribution in [2.24, 2.45) is 5.73 Å². The molecule has 0 atom stereocenters. The van der Waals surface area contributed by atoms with Crippen molar-refractivity contribution in [1.29, 1.82) is 0 Å². The summed E-state index contributed by atoms with van der Waals surface area (Å²) >= 11 is 5.14. The smallest absolute Gasteiger partial charge is 0.252 e. The number of para-hydroxylation sites is 1. The molecular weight excluding hydrogens is 318 g/mol. The number of carbonyl (C=O) groups excluding carboxylic acids is 1. The molecule has 1 amide bonds. The standard InChI is InChI=1S/C15H17N3O4S/c1-3-22-14-9(5-4-6-11(14)21-2)10-7-13(20)17-15(23)18(10)8-12(16)19/h4-7H,3,8H2,1-2H3,(H2,16,19)(H,17,20,23). The number of H-pyrrole nitrogens is 1. The number of carbonyl (C=O) groups is 1. The Bertz CT molecular complexity index is 841. The summed E-state index contributed by atoms with van der Waals surface area (Å²) in [4.78, 5) is 25.6. The van der Waals surface area contributed by atoms with E-state index >= 15 is 0 Å². The van der Waals surface area contributed by atoms with Crippen LogP contribution in [0.1, 0.15) is 6.92 Å². The van der Waals surface area contributed by atoms with Gasteiger partial charge in [-0.3, -0.25) is 14.6 Å². The zero-order valence-corrected chi connectivity index (χ0v) is 13.6. The number of rotatable bonds is 6. The molecule has 7 nitrogen and oxygen atoms in total. The van der Waals surface area contributed by atoms with Crippen molar-refractivity contribution in [2.45, 2.75) is 13.5 Å². The van der Waals surface area contributed by atoms with Crippen LogP contribution in [0.3, 0.4) is 0 Å². The van der Waals surface area contributed by atoms with E-state index in [0.29, 0.717) is 29.4 Å². The Labute approximate surface area is 137 Å². The number of amides is 1. The topological polar surface area (TPSA) is 99.3 Å². The van der Waals surface area contributed by atoms with Crippen molar-refractivity contribution < 1.29 is 14.3 Å². The summed E-state index contributed by atoms with van der Waals surface area (Å²) in [5, 5.41) is 0. The average Bonchev–Trinajstić information content (AvgIpc) is 2.50. The fourth-order valence-corrected chi connectivity index (χ4v) is 2.49. The summed E-state index contributed by atoms with van der Waals surface area (Å²) in [6.45, 7) is 2.09. The maximum Gasteiger partial charge on any atom is 0.252 e. The lowest BCUT2D eigenvalue weighted by atomic mass is 10.1. The third-order valence-corrected chi connectivity index (χ3v) is 3.43. The van der Waals surface area contributed by atoms with Gasteiger partial charge in [0.05, 0.1) is 19.4 Å². The number of nitrogens with two attached hydrogens (primary N) is 1. The Morgan fingerprint density at radius 2 is 2.17 bits per heavy atom. The van der Waals surface area contributed by atoms with Gasteiger partial charge in [0, 0.05) is 11.6 Å². The van der Waals surface area contributed by atoms with Crippen LogP contribution in [0.5, 0.6) is 11.5 Å². The minimum absolute atomic E-state index is 0.108. The fraction of sp³-hybridized carbons (Fsp3) is 0.267. The maximum atomic E-state index is 11.8. The van der Waals surface area contributed by atoms with Crippen LogP contribution in [-0.2, 0) is 11.3 Å². The SMILES string of the molecule is CCOc1c(OC)cccc1-c1cc(=O)[nH]c(=S)n1CC(N)=O. The van der Waals surface area contributed by atoms with Gasteiger partial charge < -0.3 is 19.8 Å². The second-order valence-corrected chi connectivity index (χ2v) is 5.03. The predicted molar refractivity (Wildman–Crippen MR) is 88.2 cm³/mol. The Morgan fingerprint density at radius 1 is 1.43 bits per heavy atom. The molecule has 0 radical (unpaired) electrons. The van der Waals surface area contributed by atoms with E-state index < -0.39 is 5.91 Å². The van der Waals surface area contributed by atoms with Gasteiger partial charge >= 0.3 is 0 Å². The molecule has 1 heterocycles. The molecule has 0 aliphatic carbocycles. The maximum absolute atomic E-state index is 11.8. The summed E-state index contributed by atoms with van der Waals surface area (Å²) < 4.78 is 12.5. The summed E-state index contributed by atoms with van der Waals surface area (Å²) in [5.41, 5.74) is 5.92. The molecule has 23 heavy (non-hydrogen) atoms. The van der Waals surface area contributed by atoms with E-state index in [1.165, 1.54) is 17.7 Å². The highest BCUT2D eigenvalue weighted by Gasteiger charge is 2.16. The lowest BCUT2D eigenvalue weighted by molar-refractivity contribution is -0.118. The van der Waals surface area contributed by atoms with Gasteiger partial charge in [0.1, 0.15) is 6.54 Å². The van der Waals surface area contributed by atoms with Gasteiger partial charge in [0.25, 0.3) is 5.56 Å². The Balaban J connectivity index is 2.78. The first kappa shape index (κ1) is 16.8. The number of benzene rings is 1. The number of nitrogens with one attached hydrogen (secondary N) is 1. The van der Waals surface area contributed by atoms with Crippen LogP contribution in [0.25, 0.3) is 11.3 Å². The van der Waals surface area contributed by atoms with Crippen molar-refractivity contribution in [2.75, 3.05) is 13.7 Å². The van der Waals surface area contributed by atoms with Gasteiger partial charge in [-0.05, 0) is 31.3 Å². The second-order valence-electron chi connectivity index (χ2n) is 4.65. The van der Waals surface area contributed by atoms with Crippen LogP contribution in [0, 0.1) is 4.77 Å². The fourth-order valence-electron chi connectivity index (χ4n) is 2.23. The van der Waals surface area contributed by atoms with E-state index in [4.69, 9.17) is 27.4 Å². The van der Waals surface area contributed by atoms with E-state index in [-0.39, 0.29) is 16.9 Å². The Hall–Kier alpha value is -2.61. The molecule has 0 aliphatic heterocycles. The highest BCUT2D eigenvalue weighted by molar-refractivity contribution is 7.71. The van der Waals surface area contributed by atoms with Gasteiger partial charge in [-0.2, -0.15) is 0 Å². The highest BCUT2D eigenvalue weighted by atomic mass is 32.1. The first-order chi connectivity index (χ1) is 11.0. The van der Waals surface area contributed by atoms with Gasteiger partial charge in [-0.15, -0.1) is 0 Å². The van der Waals surface area contributed by atoms with Crippen molar-refractivity contribution >= 4 is 18.1 Å². The Morgan fingerprint density at radius 3 is 2.78 bits per heavy atom. The number of methoxy groups -OCH3 is 1. The highest BCUT2D eigenvalue weighted by Crippen LogP contribution is 2.37. The van der Waals surface area contributed by atoms with Crippen LogP contribution in [-0.4, -0.2) is 29.2 Å². The predicted octanol–water partition coefficient (Wildman–Crippen LogP) is 1.47. The zero-order valence-electron chi connectivity index (χ0n) is 12.8. The summed E-state index contributed by atoms with van der Waals surface area (Å²) in [6, 6.07) is 6.61. The van der Waals surface area contributed by atoms with Crippen LogP contribution in [0.4, 0.5) is 0 Å². The van der Waals surface area contributed by atoms with Gasteiger partial charge in [0.15, 0.2) is 16.3 Å². The summed E-state index contributed by atoms with van der Waals surface area (Å²) in [7, 11) is 1.52. The summed E-state index contributed by atoms with van der Waals surface area (Å²) in [6.07, 6.45) is 0. The molecule has 0 fully saturated rings. The third-order valence-electron chi connectivity index (χ3n) is 3.11. The molecule has 0 saturated heterocycles. The number of aromatic amines is 1. The average molecular weight is 335 g/mol. The zero-order chi connectivity index (χ0) is 17.0. The number of aromatic nitrogens is 2.